The molecule has 0 radical (unpaired) electrons. The third-order valence-electron chi connectivity index (χ3n) is 5.87. The normalized spacial score (nSPS) is 15.0. The third-order valence-corrected chi connectivity index (χ3v) is 5.87. The highest BCUT2D eigenvalue weighted by Crippen LogP contribution is 2.29. The van der Waals surface area contributed by atoms with Crippen molar-refractivity contribution in [2.75, 3.05) is 20.3 Å². The van der Waals surface area contributed by atoms with E-state index in [2.05, 4.69) is 11.1 Å². The Hall–Kier alpha value is -3.25. The first kappa shape index (κ1) is 18.8. The van der Waals surface area contributed by atoms with Gasteiger partial charge in [-0.3, -0.25) is 9.36 Å². The molecular formula is C24H23N3O3. The van der Waals surface area contributed by atoms with E-state index in [0.717, 1.165) is 40.3 Å². The highest BCUT2D eigenvalue weighted by molar-refractivity contribution is 6.06. The first-order valence-electron chi connectivity index (χ1n) is 10.2. The Labute approximate surface area is 174 Å². The molecule has 1 saturated heterocycles. The standard InChI is InChI=1S/C24H23N3O3/c1-29-22-13-16(6-9-25-22)12-17-14-21-23(20-5-3-2-4-19(17)20)26-15-27(24(21)28)18-7-10-30-11-8-18/h2-6,9,13-15,18H,7-8,10-12H2,1H3. The lowest BCUT2D eigenvalue weighted by molar-refractivity contribution is 0.0685. The van der Waals surface area contributed by atoms with Gasteiger partial charge in [-0.25, -0.2) is 9.97 Å². The van der Waals surface area contributed by atoms with Gasteiger partial charge < -0.3 is 9.47 Å². The molecule has 0 amide bonds. The first-order valence-corrected chi connectivity index (χ1v) is 10.2. The number of hydrogen-bond acceptors (Lipinski definition) is 5. The number of rotatable bonds is 4. The lowest BCUT2D eigenvalue weighted by atomic mass is 9.96. The van der Waals surface area contributed by atoms with Crippen LogP contribution in [0.15, 0.2) is 59.8 Å². The molecule has 4 aromatic rings. The van der Waals surface area contributed by atoms with E-state index < -0.39 is 0 Å². The van der Waals surface area contributed by atoms with Gasteiger partial charge >= 0.3 is 0 Å². The summed E-state index contributed by atoms with van der Waals surface area (Å²) in [7, 11) is 1.61. The van der Waals surface area contributed by atoms with Crippen LogP contribution >= 0.6 is 0 Å². The molecule has 0 saturated carbocycles. The molecular weight excluding hydrogens is 378 g/mol. The second-order valence-electron chi connectivity index (χ2n) is 7.66. The Morgan fingerprint density at radius 3 is 2.67 bits per heavy atom. The molecule has 6 nitrogen and oxygen atoms in total. The zero-order chi connectivity index (χ0) is 20.5. The fourth-order valence-corrected chi connectivity index (χ4v) is 4.31. The molecule has 2 aromatic carbocycles. The van der Waals surface area contributed by atoms with Gasteiger partial charge in [0.05, 0.1) is 24.3 Å². The van der Waals surface area contributed by atoms with Crippen LogP contribution in [0.25, 0.3) is 21.7 Å². The Balaban J connectivity index is 1.68. The number of pyridine rings is 1. The van der Waals surface area contributed by atoms with Crippen LogP contribution in [0.3, 0.4) is 0 Å². The molecule has 0 unspecified atom stereocenters. The summed E-state index contributed by atoms with van der Waals surface area (Å²) in [5.41, 5.74) is 2.95. The van der Waals surface area contributed by atoms with Crippen molar-refractivity contribution >= 4 is 21.7 Å². The molecule has 1 aliphatic rings. The van der Waals surface area contributed by atoms with Crippen LogP contribution in [0.5, 0.6) is 5.88 Å². The van der Waals surface area contributed by atoms with Crippen LogP contribution in [0.1, 0.15) is 30.0 Å². The maximum atomic E-state index is 13.4. The van der Waals surface area contributed by atoms with E-state index >= 15 is 0 Å². The number of methoxy groups -OCH3 is 1. The highest BCUT2D eigenvalue weighted by atomic mass is 16.5. The molecule has 1 aliphatic heterocycles. The summed E-state index contributed by atoms with van der Waals surface area (Å²) in [4.78, 5) is 22.3. The van der Waals surface area contributed by atoms with Gasteiger partial charge in [-0.15, -0.1) is 0 Å². The van der Waals surface area contributed by atoms with Crippen molar-refractivity contribution in [3.8, 4) is 5.88 Å². The van der Waals surface area contributed by atoms with Crippen molar-refractivity contribution < 1.29 is 9.47 Å². The maximum Gasteiger partial charge on any atom is 0.261 e. The zero-order valence-electron chi connectivity index (χ0n) is 16.9. The summed E-state index contributed by atoms with van der Waals surface area (Å²) < 4.78 is 12.5. The average molecular weight is 401 g/mol. The summed E-state index contributed by atoms with van der Waals surface area (Å²) in [5.74, 6) is 0.584. The minimum atomic E-state index is 0.0196. The number of nitrogens with zero attached hydrogens (tertiary/aromatic N) is 3. The predicted octanol–water partition coefficient (Wildman–Crippen LogP) is 3.90. The molecule has 3 heterocycles. The van der Waals surface area contributed by atoms with Crippen LogP contribution in [0.4, 0.5) is 0 Å². The molecule has 0 atom stereocenters. The molecule has 6 heteroatoms. The Morgan fingerprint density at radius 2 is 1.87 bits per heavy atom. The zero-order valence-corrected chi connectivity index (χ0v) is 16.9. The average Bonchev–Trinajstić information content (AvgIpc) is 2.80. The van der Waals surface area contributed by atoms with E-state index in [1.165, 1.54) is 0 Å². The number of fused-ring (bicyclic) bond motifs is 3. The molecule has 0 spiro atoms. The lowest BCUT2D eigenvalue weighted by Gasteiger charge is -2.24. The van der Waals surface area contributed by atoms with Crippen molar-refractivity contribution in [1.82, 2.24) is 14.5 Å². The van der Waals surface area contributed by atoms with E-state index in [-0.39, 0.29) is 11.6 Å². The fourth-order valence-electron chi connectivity index (χ4n) is 4.31. The van der Waals surface area contributed by atoms with Crippen LogP contribution in [0, 0.1) is 0 Å². The second kappa shape index (κ2) is 7.88. The molecule has 0 aliphatic carbocycles. The SMILES string of the molecule is COc1cc(Cc2cc3c(=O)n(C4CCOCC4)cnc3c3ccccc23)ccn1. The topological polar surface area (TPSA) is 66.2 Å². The fraction of sp³-hybridized carbons (Fsp3) is 0.292. The Kier molecular flexibility index (Phi) is 4.93. The van der Waals surface area contributed by atoms with Gasteiger partial charge in [-0.05, 0) is 47.9 Å². The molecule has 30 heavy (non-hydrogen) atoms. The lowest BCUT2D eigenvalue weighted by Crippen LogP contribution is -2.29. The summed E-state index contributed by atoms with van der Waals surface area (Å²) in [5, 5.41) is 2.78. The van der Waals surface area contributed by atoms with Crippen molar-refractivity contribution in [1.29, 1.82) is 0 Å². The van der Waals surface area contributed by atoms with Crippen molar-refractivity contribution in [3.63, 3.8) is 0 Å². The molecule has 152 valence electrons. The first-order chi connectivity index (χ1) is 14.7. The van der Waals surface area contributed by atoms with Gasteiger partial charge in [0.1, 0.15) is 0 Å². The van der Waals surface area contributed by atoms with Gasteiger partial charge in [0, 0.05) is 36.9 Å². The smallest absolute Gasteiger partial charge is 0.261 e. The van der Waals surface area contributed by atoms with E-state index in [4.69, 9.17) is 14.5 Å². The molecule has 0 N–H and O–H groups in total. The van der Waals surface area contributed by atoms with Gasteiger partial charge in [-0.2, -0.15) is 0 Å². The van der Waals surface area contributed by atoms with E-state index in [1.807, 2.05) is 36.4 Å². The van der Waals surface area contributed by atoms with Crippen LogP contribution < -0.4 is 10.3 Å². The summed E-state index contributed by atoms with van der Waals surface area (Å²) in [6, 6.07) is 14.2. The van der Waals surface area contributed by atoms with Crippen molar-refractivity contribution in [3.05, 3.63) is 76.5 Å². The molecule has 0 bridgehead atoms. The number of aromatic nitrogens is 3. The van der Waals surface area contributed by atoms with E-state index in [9.17, 15) is 4.79 Å². The number of hydrogen-bond donors (Lipinski definition) is 0. The minimum absolute atomic E-state index is 0.0196. The van der Waals surface area contributed by atoms with Crippen LogP contribution in [-0.4, -0.2) is 34.9 Å². The second-order valence-corrected chi connectivity index (χ2v) is 7.66. The minimum Gasteiger partial charge on any atom is -0.481 e. The number of benzene rings is 2. The van der Waals surface area contributed by atoms with E-state index in [0.29, 0.717) is 30.9 Å². The van der Waals surface area contributed by atoms with Gasteiger partial charge in [0.2, 0.25) is 5.88 Å². The predicted molar refractivity (Wildman–Crippen MR) is 116 cm³/mol. The monoisotopic (exact) mass is 401 g/mol. The van der Waals surface area contributed by atoms with Gasteiger partial charge in [0.15, 0.2) is 0 Å². The maximum absolute atomic E-state index is 13.4. The largest absolute Gasteiger partial charge is 0.481 e. The van der Waals surface area contributed by atoms with Gasteiger partial charge in [-0.1, -0.05) is 24.3 Å². The van der Waals surface area contributed by atoms with E-state index in [1.54, 1.807) is 24.2 Å². The summed E-state index contributed by atoms with van der Waals surface area (Å²) >= 11 is 0. The van der Waals surface area contributed by atoms with Crippen molar-refractivity contribution in [2.45, 2.75) is 25.3 Å². The molecule has 2 aromatic heterocycles. The van der Waals surface area contributed by atoms with Crippen LogP contribution in [-0.2, 0) is 11.2 Å². The summed E-state index contributed by atoms with van der Waals surface area (Å²) in [6.07, 6.45) is 5.81. The molecule has 5 rings (SSSR count). The van der Waals surface area contributed by atoms with Crippen molar-refractivity contribution in [2.24, 2.45) is 0 Å². The highest BCUT2D eigenvalue weighted by Gasteiger charge is 2.19. The van der Waals surface area contributed by atoms with Gasteiger partial charge in [0.25, 0.3) is 5.56 Å². The Bertz CT molecular complexity index is 1280. The molecule has 1 fully saturated rings. The summed E-state index contributed by atoms with van der Waals surface area (Å²) in [6.45, 7) is 1.37. The number of ether oxygens (including phenoxy) is 2. The quantitative estimate of drug-likeness (QED) is 0.485. The Morgan fingerprint density at radius 1 is 1.07 bits per heavy atom. The van der Waals surface area contributed by atoms with Crippen LogP contribution in [0.2, 0.25) is 0 Å². The third kappa shape index (κ3) is 3.33.